The van der Waals surface area contributed by atoms with E-state index in [-0.39, 0.29) is 29.1 Å². The van der Waals surface area contributed by atoms with Crippen LogP contribution in [-0.2, 0) is 11.2 Å². The third-order valence-corrected chi connectivity index (χ3v) is 3.86. The summed E-state index contributed by atoms with van der Waals surface area (Å²) >= 11 is 0. The van der Waals surface area contributed by atoms with Crippen LogP contribution in [0.2, 0.25) is 0 Å². The number of benzene rings is 1. The van der Waals surface area contributed by atoms with Crippen LogP contribution in [0.4, 0.5) is 0 Å². The Balaban J connectivity index is 2.44. The highest BCUT2D eigenvalue weighted by Crippen LogP contribution is 2.43. The Labute approximate surface area is 121 Å². The molecule has 20 heavy (non-hydrogen) atoms. The highest BCUT2D eigenvalue weighted by molar-refractivity contribution is 5.51. The first-order chi connectivity index (χ1) is 9.20. The quantitative estimate of drug-likeness (QED) is 0.817. The van der Waals surface area contributed by atoms with Crippen LogP contribution in [0.3, 0.4) is 0 Å². The lowest BCUT2D eigenvalue weighted by atomic mass is 9.81. The van der Waals surface area contributed by atoms with Gasteiger partial charge in [-0.1, -0.05) is 26.8 Å². The molecule has 112 valence electrons. The third-order valence-electron chi connectivity index (χ3n) is 3.86. The van der Waals surface area contributed by atoms with Crippen LogP contribution in [0.1, 0.15) is 38.0 Å². The molecule has 1 aliphatic rings. The standard InChI is InChI=1S/C16H25NO3/c1-16(2,3)14-8-11-10(6-7-12(18)15(11)19)13(20-14)9-17(4)5/h6-7,13-14,18-19H,8-9H2,1-5H3. The number of aromatic hydroxyl groups is 2. The Morgan fingerprint density at radius 2 is 1.90 bits per heavy atom. The van der Waals surface area contributed by atoms with Crippen LogP contribution in [-0.4, -0.2) is 41.9 Å². The van der Waals surface area contributed by atoms with Crippen molar-refractivity contribution in [3.63, 3.8) is 0 Å². The molecule has 0 spiro atoms. The fourth-order valence-corrected chi connectivity index (χ4v) is 2.64. The minimum atomic E-state index is -0.0792. The zero-order chi connectivity index (χ0) is 15.1. The Kier molecular flexibility index (Phi) is 3.98. The summed E-state index contributed by atoms with van der Waals surface area (Å²) in [6.45, 7) is 7.16. The van der Waals surface area contributed by atoms with Crippen molar-refractivity contribution >= 4 is 0 Å². The third kappa shape index (κ3) is 2.91. The first-order valence-corrected chi connectivity index (χ1v) is 7.04. The summed E-state index contributed by atoms with van der Waals surface area (Å²) in [5.74, 6) is -0.0503. The summed E-state index contributed by atoms with van der Waals surface area (Å²) in [4.78, 5) is 2.07. The molecule has 0 bridgehead atoms. The predicted octanol–water partition coefficient (Wildman–Crippen LogP) is 2.69. The molecule has 0 radical (unpaired) electrons. The second-order valence-corrected chi connectivity index (χ2v) is 6.95. The van der Waals surface area contributed by atoms with Gasteiger partial charge in [0.25, 0.3) is 0 Å². The van der Waals surface area contributed by atoms with Crippen LogP contribution in [0.5, 0.6) is 11.5 Å². The SMILES string of the molecule is CN(C)CC1OC(C(C)(C)C)Cc2c1ccc(O)c2O. The van der Waals surface area contributed by atoms with E-state index >= 15 is 0 Å². The van der Waals surface area contributed by atoms with Crippen molar-refractivity contribution in [3.05, 3.63) is 23.3 Å². The molecule has 0 aliphatic carbocycles. The van der Waals surface area contributed by atoms with Crippen LogP contribution in [0.25, 0.3) is 0 Å². The number of nitrogens with zero attached hydrogens (tertiary/aromatic N) is 1. The Hall–Kier alpha value is -1.26. The lowest BCUT2D eigenvalue weighted by Crippen LogP contribution is -2.39. The highest BCUT2D eigenvalue weighted by atomic mass is 16.5. The van der Waals surface area contributed by atoms with Gasteiger partial charge in [0.15, 0.2) is 11.5 Å². The van der Waals surface area contributed by atoms with Crippen LogP contribution in [0.15, 0.2) is 12.1 Å². The summed E-state index contributed by atoms with van der Waals surface area (Å²) in [7, 11) is 4.01. The van der Waals surface area contributed by atoms with Crippen molar-refractivity contribution < 1.29 is 14.9 Å². The summed E-state index contributed by atoms with van der Waals surface area (Å²) in [6.07, 6.45) is 0.570. The van der Waals surface area contributed by atoms with Gasteiger partial charge in [-0.05, 0) is 31.1 Å². The Morgan fingerprint density at radius 1 is 1.25 bits per heavy atom. The van der Waals surface area contributed by atoms with Gasteiger partial charge in [0.05, 0.1) is 12.2 Å². The molecule has 4 nitrogen and oxygen atoms in total. The molecule has 0 fully saturated rings. The summed E-state index contributed by atoms with van der Waals surface area (Å²) in [6, 6.07) is 3.40. The highest BCUT2D eigenvalue weighted by Gasteiger charge is 2.36. The predicted molar refractivity (Wildman–Crippen MR) is 79.1 cm³/mol. The molecule has 1 heterocycles. The molecular formula is C16H25NO3. The second-order valence-electron chi connectivity index (χ2n) is 6.95. The molecule has 1 aliphatic heterocycles. The lowest BCUT2D eigenvalue weighted by Gasteiger charge is -2.40. The zero-order valence-electron chi connectivity index (χ0n) is 13.0. The average Bonchev–Trinajstić information content (AvgIpc) is 2.32. The minimum absolute atomic E-state index is 0.00352. The second kappa shape index (κ2) is 5.26. The number of hydrogen-bond acceptors (Lipinski definition) is 4. The van der Waals surface area contributed by atoms with Crippen molar-refractivity contribution in [3.8, 4) is 11.5 Å². The number of phenols is 2. The van der Waals surface area contributed by atoms with Gasteiger partial charge < -0.3 is 19.8 Å². The maximum atomic E-state index is 10.2. The molecule has 2 rings (SSSR count). The van der Waals surface area contributed by atoms with Gasteiger partial charge in [0, 0.05) is 18.5 Å². The van der Waals surface area contributed by atoms with Crippen LogP contribution >= 0.6 is 0 Å². The van der Waals surface area contributed by atoms with Gasteiger partial charge >= 0.3 is 0 Å². The first-order valence-electron chi connectivity index (χ1n) is 7.04. The maximum Gasteiger partial charge on any atom is 0.161 e. The van der Waals surface area contributed by atoms with E-state index in [2.05, 4.69) is 25.7 Å². The average molecular weight is 279 g/mol. The van der Waals surface area contributed by atoms with Crippen molar-refractivity contribution in [1.82, 2.24) is 4.90 Å². The number of ether oxygens (including phenoxy) is 1. The minimum Gasteiger partial charge on any atom is -0.504 e. The van der Waals surface area contributed by atoms with Gasteiger partial charge in [0.1, 0.15) is 0 Å². The first kappa shape index (κ1) is 15.1. The maximum absolute atomic E-state index is 10.2. The number of phenolic OH excluding ortho intramolecular Hbond substituents is 2. The van der Waals surface area contributed by atoms with Crippen LogP contribution in [0, 0.1) is 5.41 Å². The largest absolute Gasteiger partial charge is 0.504 e. The van der Waals surface area contributed by atoms with E-state index in [1.807, 2.05) is 20.2 Å². The number of fused-ring (bicyclic) bond motifs is 1. The smallest absolute Gasteiger partial charge is 0.161 e. The molecule has 4 heteroatoms. The molecule has 2 atom stereocenters. The van der Waals surface area contributed by atoms with Gasteiger partial charge in [-0.25, -0.2) is 0 Å². The van der Waals surface area contributed by atoms with Crippen molar-refractivity contribution in [2.75, 3.05) is 20.6 Å². The van der Waals surface area contributed by atoms with Gasteiger partial charge in [-0.15, -0.1) is 0 Å². The molecule has 2 unspecified atom stereocenters. The van der Waals surface area contributed by atoms with Gasteiger partial charge in [-0.2, -0.15) is 0 Å². The van der Waals surface area contributed by atoms with E-state index in [1.54, 1.807) is 0 Å². The fraction of sp³-hybridized carbons (Fsp3) is 0.625. The summed E-state index contributed by atoms with van der Waals surface area (Å²) < 4.78 is 6.25. The van der Waals surface area contributed by atoms with Crippen LogP contribution < -0.4 is 0 Å². The van der Waals surface area contributed by atoms with E-state index in [1.165, 1.54) is 6.07 Å². The number of likely N-dealkylation sites (N-methyl/N-ethyl adjacent to an activating group) is 1. The van der Waals surface area contributed by atoms with Crippen molar-refractivity contribution in [2.24, 2.45) is 5.41 Å². The topological polar surface area (TPSA) is 52.9 Å². The van der Waals surface area contributed by atoms with Crippen molar-refractivity contribution in [2.45, 2.75) is 39.4 Å². The van der Waals surface area contributed by atoms with E-state index in [0.717, 1.165) is 17.7 Å². The molecule has 1 aromatic rings. The normalized spacial score (nSPS) is 22.9. The van der Waals surface area contributed by atoms with E-state index in [0.29, 0.717) is 6.42 Å². The zero-order valence-corrected chi connectivity index (χ0v) is 13.0. The van der Waals surface area contributed by atoms with Gasteiger partial charge in [-0.3, -0.25) is 0 Å². The van der Waals surface area contributed by atoms with E-state index < -0.39 is 0 Å². The molecule has 2 N–H and O–H groups in total. The number of rotatable bonds is 2. The van der Waals surface area contributed by atoms with E-state index in [4.69, 9.17) is 4.74 Å². The van der Waals surface area contributed by atoms with Gasteiger partial charge in [0.2, 0.25) is 0 Å². The molecule has 0 saturated carbocycles. The fourth-order valence-electron chi connectivity index (χ4n) is 2.64. The van der Waals surface area contributed by atoms with E-state index in [9.17, 15) is 10.2 Å². The lowest BCUT2D eigenvalue weighted by molar-refractivity contribution is -0.0854. The molecule has 0 amide bonds. The Bertz CT molecular complexity index is 491. The molecule has 0 saturated heterocycles. The van der Waals surface area contributed by atoms with Crippen molar-refractivity contribution in [1.29, 1.82) is 0 Å². The monoisotopic (exact) mass is 279 g/mol. The molecule has 0 aromatic heterocycles. The summed E-state index contributed by atoms with van der Waals surface area (Å²) in [5, 5.41) is 19.9. The summed E-state index contributed by atoms with van der Waals surface area (Å²) in [5.41, 5.74) is 1.79. The Morgan fingerprint density at radius 3 is 2.45 bits per heavy atom. The molecular weight excluding hydrogens is 254 g/mol. The molecule has 1 aromatic carbocycles. The number of hydrogen-bond donors (Lipinski definition) is 2.